The van der Waals surface area contributed by atoms with Crippen LogP contribution in [0, 0.1) is 0 Å². The van der Waals surface area contributed by atoms with Crippen molar-refractivity contribution in [3.05, 3.63) is 60.4 Å². The first-order valence-corrected chi connectivity index (χ1v) is 8.29. The highest BCUT2D eigenvalue weighted by molar-refractivity contribution is 7.93. The summed E-state index contributed by atoms with van der Waals surface area (Å²) in [6.45, 7) is 1.45. The number of para-hydroxylation sites is 1. The molecule has 1 aromatic heterocycles. The van der Waals surface area contributed by atoms with E-state index in [4.69, 9.17) is 0 Å². The molecule has 3 rings (SSSR count). The summed E-state index contributed by atoms with van der Waals surface area (Å²) in [7, 11) is -3.81. The second kappa shape index (κ2) is 5.77. The number of Topliss-reactive ketones (excluding diaryl/α,β-unsaturated/α-hetero) is 1. The number of carbonyl (C=O) groups is 1. The molecule has 1 heterocycles. The molecular weight excluding hydrogens is 314 g/mol. The Labute approximate surface area is 133 Å². The molecule has 0 saturated heterocycles. The fraction of sp³-hybridized carbons (Fsp3) is 0.0625. The molecule has 2 aromatic carbocycles. The van der Waals surface area contributed by atoms with Gasteiger partial charge in [-0.3, -0.25) is 19.5 Å². The summed E-state index contributed by atoms with van der Waals surface area (Å²) in [6.07, 6.45) is 2.95. The smallest absolute Gasteiger partial charge is 0.264 e. The summed E-state index contributed by atoms with van der Waals surface area (Å²) in [5.74, 6) is -0.0799. The van der Waals surface area contributed by atoms with Crippen LogP contribution in [0.4, 0.5) is 5.69 Å². The summed E-state index contributed by atoms with van der Waals surface area (Å²) in [6, 6.07) is 11.0. The van der Waals surface area contributed by atoms with Crippen molar-refractivity contribution < 1.29 is 13.2 Å². The molecule has 0 aliphatic rings. The highest BCUT2D eigenvalue weighted by Crippen LogP contribution is 2.22. The van der Waals surface area contributed by atoms with Gasteiger partial charge in [-0.05, 0) is 43.3 Å². The molecule has 0 fully saturated rings. The van der Waals surface area contributed by atoms with Crippen LogP contribution < -0.4 is 4.72 Å². The largest absolute Gasteiger partial charge is 0.295 e. The number of hydrogen-bond acceptors (Lipinski definition) is 5. The van der Waals surface area contributed by atoms with Crippen LogP contribution in [0.5, 0.6) is 0 Å². The zero-order chi connectivity index (χ0) is 16.4. The van der Waals surface area contributed by atoms with Crippen molar-refractivity contribution in [2.45, 2.75) is 11.8 Å². The maximum absolute atomic E-state index is 12.6. The molecule has 0 aliphatic carbocycles. The zero-order valence-electron chi connectivity index (χ0n) is 12.2. The minimum Gasteiger partial charge on any atom is -0.295 e. The summed E-state index contributed by atoms with van der Waals surface area (Å²) < 4.78 is 27.7. The first kappa shape index (κ1) is 15.1. The Bertz CT molecular complexity index is 978. The van der Waals surface area contributed by atoms with Gasteiger partial charge in [-0.1, -0.05) is 6.07 Å². The molecule has 1 N–H and O–H groups in total. The van der Waals surface area contributed by atoms with Crippen molar-refractivity contribution >= 4 is 32.5 Å². The Balaban J connectivity index is 1.99. The maximum Gasteiger partial charge on any atom is 0.264 e. The molecule has 3 aromatic rings. The molecule has 0 spiro atoms. The van der Waals surface area contributed by atoms with Gasteiger partial charge in [-0.15, -0.1) is 0 Å². The topological polar surface area (TPSA) is 89.0 Å². The van der Waals surface area contributed by atoms with E-state index >= 15 is 0 Å². The lowest BCUT2D eigenvalue weighted by Crippen LogP contribution is -2.14. The number of fused-ring (bicyclic) bond motifs is 1. The lowest BCUT2D eigenvalue weighted by atomic mass is 10.1. The number of anilines is 1. The van der Waals surface area contributed by atoms with Gasteiger partial charge in [0.1, 0.15) is 10.4 Å². The van der Waals surface area contributed by atoms with Gasteiger partial charge in [0.2, 0.25) is 0 Å². The van der Waals surface area contributed by atoms with E-state index in [2.05, 4.69) is 14.7 Å². The van der Waals surface area contributed by atoms with Crippen LogP contribution in [0.1, 0.15) is 17.3 Å². The van der Waals surface area contributed by atoms with Gasteiger partial charge in [-0.2, -0.15) is 0 Å². The quantitative estimate of drug-likeness (QED) is 0.744. The lowest BCUT2D eigenvalue weighted by molar-refractivity contribution is 0.101. The fourth-order valence-corrected chi connectivity index (χ4v) is 3.39. The average Bonchev–Trinajstić information content (AvgIpc) is 2.54. The van der Waals surface area contributed by atoms with Gasteiger partial charge in [-0.25, -0.2) is 8.42 Å². The third kappa shape index (κ3) is 3.04. The van der Waals surface area contributed by atoms with Crippen molar-refractivity contribution in [2.24, 2.45) is 0 Å². The van der Waals surface area contributed by atoms with Crippen LogP contribution in [0.15, 0.2) is 59.8 Å². The molecule has 6 nitrogen and oxygen atoms in total. The van der Waals surface area contributed by atoms with Crippen molar-refractivity contribution in [2.75, 3.05) is 4.72 Å². The van der Waals surface area contributed by atoms with Gasteiger partial charge in [0.15, 0.2) is 5.78 Å². The predicted octanol–water partition coefficient (Wildman–Crippen LogP) is 2.63. The van der Waals surface area contributed by atoms with Crippen LogP contribution in [-0.2, 0) is 10.0 Å². The van der Waals surface area contributed by atoms with Crippen molar-refractivity contribution in [1.82, 2.24) is 9.97 Å². The number of aromatic nitrogens is 2. The summed E-state index contributed by atoms with van der Waals surface area (Å²) >= 11 is 0. The molecule has 0 atom stereocenters. The fourth-order valence-electron chi connectivity index (χ4n) is 2.17. The van der Waals surface area contributed by atoms with Gasteiger partial charge >= 0.3 is 0 Å². The molecule has 116 valence electrons. The molecule has 0 amide bonds. The van der Waals surface area contributed by atoms with Crippen LogP contribution in [-0.4, -0.2) is 24.2 Å². The summed E-state index contributed by atoms with van der Waals surface area (Å²) in [5.41, 5.74) is 1.70. The van der Waals surface area contributed by atoms with Crippen molar-refractivity contribution in [3.8, 4) is 0 Å². The second-order valence-corrected chi connectivity index (χ2v) is 6.57. The Morgan fingerprint density at radius 2 is 1.70 bits per heavy atom. The summed E-state index contributed by atoms with van der Waals surface area (Å²) in [4.78, 5) is 19.5. The van der Waals surface area contributed by atoms with E-state index in [1.54, 1.807) is 36.4 Å². The summed E-state index contributed by atoms with van der Waals surface area (Å²) in [5, 5.41) is 0. The minimum atomic E-state index is -3.81. The molecule has 0 bridgehead atoms. The van der Waals surface area contributed by atoms with Gasteiger partial charge in [0, 0.05) is 23.6 Å². The van der Waals surface area contributed by atoms with Crippen LogP contribution in [0.2, 0.25) is 0 Å². The number of nitrogens with one attached hydrogen (secondary N) is 1. The number of ketones is 1. The SMILES string of the molecule is CC(=O)c1ccc(NS(=O)(=O)c2cccc3nccnc23)cc1. The number of carbonyl (C=O) groups excluding carboxylic acids is 1. The normalized spacial score (nSPS) is 11.3. The molecule has 0 radical (unpaired) electrons. The Morgan fingerprint density at radius 3 is 2.39 bits per heavy atom. The van der Waals surface area contributed by atoms with E-state index in [1.807, 2.05) is 0 Å². The number of benzene rings is 2. The second-order valence-electron chi connectivity index (χ2n) is 4.92. The van der Waals surface area contributed by atoms with E-state index in [9.17, 15) is 13.2 Å². The van der Waals surface area contributed by atoms with Crippen molar-refractivity contribution in [3.63, 3.8) is 0 Å². The minimum absolute atomic E-state index is 0.0544. The number of hydrogen-bond donors (Lipinski definition) is 1. The standard InChI is InChI=1S/C16H13N3O3S/c1-11(20)12-5-7-13(8-6-12)19-23(21,22)15-4-2-3-14-16(15)18-10-9-17-14/h2-10,19H,1H3. The average molecular weight is 327 g/mol. The van der Waals surface area contributed by atoms with Crippen LogP contribution in [0.25, 0.3) is 11.0 Å². The first-order chi connectivity index (χ1) is 11.0. The number of sulfonamides is 1. The van der Waals surface area contributed by atoms with E-state index in [1.165, 1.54) is 25.4 Å². The molecule has 23 heavy (non-hydrogen) atoms. The molecule has 0 aliphatic heterocycles. The highest BCUT2D eigenvalue weighted by atomic mass is 32.2. The first-order valence-electron chi connectivity index (χ1n) is 6.81. The van der Waals surface area contributed by atoms with Crippen LogP contribution in [0.3, 0.4) is 0 Å². The van der Waals surface area contributed by atoms with Crippen LogP contribution >= 0.6 is 0 Å². The maximum atomic E-state index is 12.6. The predicted molar refractivity (Wildman–Crippen MR) is 86.8 cm³/mol. The molecule has 7 heteroatoms. The van der Waals surface area contributed by atoms with E-state index in [-0.39, 0.29) is 10.7 Å². The molecule has 0 saturated carbocycles. The molecule has 0 unspecified atom stereocenters. The highest BCUT2D eigenvalue weighted by Gasteiger charge is 2.18. The third-order valence-corrected chi connectivity index (χ3v) is 4.71. The zero-order valence-corrected chi connectivity index (χ0v) is 13.0. The van der Waals surface area contributed by atoms with E-state index in [0.29, 0.717) is 22.3 Å². The van der Waals surface area contributed by atoms with Gasteiger partial charge in [0.25, 0.3) is 10.0 Å². The number of nitrogens with zero attached hydrogens (tertiary/aromatic N) is 2. The Hall–Kier alpha value is -2.80. The third-order valence-electron chi connectivity index (χ3n) is 3.29. The lowest BCUT2D eigenvalue weighted by Gasteiger charge is -2.10. The molecular formula is C16H13N3O3S. The van der Waals surface area contributed by atoms with Crippen molar-refractivity contribution in [1.29, 1.82) is 0 Å². The Morgan fingerprint density at radius 1 is 1.00 bits per heavy atom. The Kier molecular flexibility index (Phi) is 3.79. The van der Waals surface area contributed by atoms with E-state index in [0.717, 1.165) is 0 Å². The van der Waals surface area contributed by atoms with Gasteiger partial charge in [0.05, 0.1) is 5.52 Å². The monoisotopic (exact) mass is 327 g/mol. The number of rotatable bonds is 4. The van der Waals surface area contributed by atoms with E-state index < -0.39 is 10.0 Å². The van der Waals surface area contributed by atoms with Gasteiger partial charge < -0.3 is 0 Å².